The third-order valence-electron chi connectivity index (χ3n) is 3.36. The summed E-state index contributed by atoms with van der Waals surface area (Å²) in [6.45, 7) is 0. The van der Waals surface area contributed by atoms with Gasteiger partial charge in [-0.15, -0.1) is 0 Å². The molecule has 0 saturated heterocycles. The van der Waals surface area contributed by atoms with Gasteiger partial charge in [0.05, 0.1) is 6.26 Å². The lowest BCUT2D eigenvalue weighted by molar-refractivity contribution is 0.189. The van der Waals surface area contributed by atoms with Gasteiger partial charge in [0.15, 0.2) is 0 Å². The molecule has 2 nitrogen and oxygen atoms in total. The number of rotatable bonds is 4. The van der Waals surface area contributed by atoms with Gasteiger partial charge in [0, 0.05) is 0 Å². The van der Waals surface area contributed by atoms with Crippen molar-refractivity contribution in [3.8, 4) is 0 Å². The van der Waals surface area contributed by atoms with E-state index in [4.69, 9.17) is 4.42 Å². The minimum atomic E-state index is -0.698. The number of hydrogen-bond acceptors (Lipinski definition) is 2. The monoisotopic (exact) mass is 264 g/mol. The van der Waals surface area contributed by atoms with Gasteiger partial charge in [-0.2, -0.15) is 0 Å². The Morgan fingerprint density at radius 1 is 0.800 bits per heavy atom. The summed E-state index contributed by atoms with van der Waals surface area (Å²) in [6.07, 6.45) is 1.77. The Bertz CT molecular complexity index is 640. The van der Waals surface area contributed by atoms with Crippen molar-refractivity contribution in [3.63, 3.8) is 0 Å². The first-order valence-corrected chi connectivity index (χ1v) is 6.67. The lowest BCUT2D eigenvalue weighted by Gasteiger charge is -2.09. The van der Waals surface area contributed by atoms with Crippen LogP contribution in [0.25, 0.3) is 0 Å². The highest BCUT2D eigenvalue weighted by Gasteiger charge is 2.12. The number of benzene rings is 2. The fraction of sp³-hybridized carbons (Fsp3) is 0.111. The fourth-order valence-corrected chi connectivity index (χ4v) is 2.26. The lowest BCUT2D eigenvalue weighted by Crippen LogP contribution is -1.98. The lowest BCUT2D eigenvalue weighted by atomic mass is 10.0. The summed E-state index contributed by atoms with van der Waals surface area (Å²) in [7, 11) is 0. The van der Waals surface area contributed by atoms with E-state index < -0.39 is 6.10 Å². The summed E-state index contributed by atoms with van der Waals surface area (Å²) in [6, 6.07) is 21.9. The van der Waals surface area contributed by atoms with E-state index in [1.807, 2.05) is 30.3 Å². The summed E-state index contributed by atoms with van der Waals surface area (Å²) in [5, 5.41) is 10.2. The maximum absolute atomic E-state index is 10.2. The summed E-state index contributed by atoms with van der Waals surface area (Å²) in [5.41, 5.74) is 3.36. The second-order valence-electron chi connectivity index (χ2n) is 4.82. The van der Waals surface area contributed by atoms with Crippen molar-refractivity contribution < 1.29 is 9.52 Å². The first-order valence-electron chi connectivity index (χ1n) is 6.67. The van der Waals surface area contributed by atoms with Crippen LogP contribution >= 0.6 is 0 Å². The van der Waals surface area contributed by atoms with Crippen molar-refractivity contribution in [3.05, 3.63) is 95.4 Å². The normalized spacial score (nSPS) is 12.2. The van der Waals surface area contributed by atoms with Crippen LogP contribution in [0.1, 0.15) is 28.6 Å². The second kappa shape index (κ2) is 5.76. The molecule has 0 aliphatic rings. The molecule has 1 aromatic heterocycles. The van der Waals surface area contributed by atoms with Gasteiger partial charge < -0.3 is 9.52 Å². The van der Waals surface area contributed by atoms with Gasteiger partial charge in [0.25, 0.3) is 0 Å². The van der Waals surface area contributed by atoms with Crippen molar-refractivity contribution in [2.75, 3.05) is 0 Å². The van der Waals surface area contributed by atoms with Gasteiger partial charge in [-0.1, -0.05) is 54.6 Å². The zero-order chi connectivity index (χ0) is 13.8. The Labute approximate surface area is 118 Å². The average molecular weight is 264 g/mol. The van der Waals surface area contributed by atoms with Crippen molar-refractivity contribution in [1.29, 1.82) is 0 Å². The third kappa shape index (κ3) is 2.81. The molecule has 1 N–H and O–H groups in total. The number of aliphatic hydroxyl groups is 1. The molecule has 2 heteroatoms. The minimum Gasteiger partial charge on any atom is -0.466 e. The maximum atomic E-state index is 10.2. The largest absolute Gasteiger partial charge is 0.466 e. The smallest absolute Gasteiger partial charge is 0.137 e. The highest BCUT2D eigenvalue weighted by Crippen LogP contribution is 2.23. The predicted molar refractivity (Wildman–Crippen MR) is 78.5 cm³/mol. The zero-order valence-electron chi connectivity index (χ0n) is 11.1. The molecule has 100 valence electrons. The van der Waals surface area contributed by atoms with Gasteiger partial charge in [0.2, 0.25) is 0 Å². The van der Waals surface area contributed by atoms with Crippen LogP contribution in [-0.4, -0.2) is 5.11 Å². The summed E-state index contributed by atoms with van der Waals surface area (Å²) in [4.78, 5) is 0. The van der Waals surface area contributed by atoms with Crippen LogP contribution in [0.2, 0.25) is 0 Å². The van der Waals surface area contributed by atoms with Gasteiger partial charge in [-0.25, -0.2) is 0 Å². The Morgan fingerprint density at radius 3 is 2.15 bits per heavy atom. The molecular weight excluding hydrogens is 248 g/mol. The SMILES string of the molecule is OC(c1ccc(Cc2ccccc2)cc1)c1ccco1. The molecular formula is C18H16O2. The summed E-state index contributed by atoms with van der Waals surface area (Å²) in [5.74, 6) is 0.570. The van der Waals surface area contributed by atoms with E-state index in [0.717, 1.165) is 12.0 Å². The molecule has 3 rings (SSSR count). The van der Waals surface area contributed by atoms with Gasteiger partial charge in [-0.3, -0.25) is 0 Å². The van der Waals surface area contributed by atoms with Crippen LogP contribution in [0.15, 0.2) is 77.4 Å². The minimum absolute atomic E-state index is 0.570. The molecule has 0 radical (unpaired) electrons. The van der Waals surface area contributed by atoms with Crippen molar-refractivity contribution in [2.24, 2.45) is 0 Å². The van der Waals surface area contributed by atoms with Crippen LogP contribution < -0.4 is 0 Å². The molecule has 20 heavy (non-hydrogen) atoms. The van der Waals surface area contributed by atoms with Crippen LogP contribution in [-0.2, 0) is 6.42 Å². The second-order valence-corrected chi connectivity index (χ2v) is 4.82. The quantitative estimate of drug-likeness (QED) is 0.774. The Morgan fingerprint density at radius 2 is 1.50 bits per heavy atom. The maximum Gasteiger partial charge on any atom is 0.137 e. The summed E-state index contributed by atoms with van der Waals surface area (Å²) < 4.78 is 5.23. The van der Waals surface area contributed by atoms with Crippen molar-refractivity contribution in [2.45, 2.75) is 12.5 Å². The Hall–Kier alpha value is -2.32. The molecule has 0 aliphatic carbocycles. The highest BCUT2D eigenvalue weighted by molar-refractivity contribution is 5.31. The third-order valence-corrected chi connectivity index (χ3v) is 3.36. The van der Waals surface area contributed by atoms with E-state index in [-0.39, 0.29) is 0 Å². The summed E-state index contributed by atoms with van der Waals surface area (Å²) >= 11 is 0. The van der Waals surface area contributed by atoms with E-state index in [9.17, 15) is 5.11 Å². The fourth-order valence-electron chi connectivity index (χ4n) is 2.26. The number of furan rings is 1. The number of aliphatic hydroxyl groups excluding tert-OH is 1. The molecule has 3 aromatic rings. The van der Waals surface area contributed by atoms with E-state index >= 15 is 0 Å². The molecule has 0 aliphatic heterocycles. The molecule has 1 atom stereocenters. The van der Waals surface area contributed by atoms with Crippen molar-refractivity contribution >= 4 is 0 Å². The van der Waals surface area contributed by atoms with Crippen LogP contribution in [0.5, 0.6) is 0 Å². The molecule has 0 spiro atoms. The molecule has 1 unspecified atom stereocenters. The van der Waals surface area contributed by atoms with Crippen LogP contribution in [0.3, 0.4) is 0 Å². The molecule has 0 bridgehead atoms. The standard InChI is InChI=1S/C18H16O2/c19-18(17-7-4-12-20-17)16-10-8-15(9-11-16)13-14-5-2-1-3-6-14/h1-12,18-19H,13H2. The molecule has 0 saturated carbocycles. The van der Waals surface area contributed by atoms with E-state index in [1.165, 1.54) is 11.1 Å². The van der Waals surface area contributed by atoms with E-state index in [1.54, 1.807) is 18.4 Å². The number of hydrogen-bond donors (Lipinski definition) is 1. The topological polar surface area (TPSA) is 33.4 Å². The molecule has 0 fully saturated rings. The van der Waals surface area contributed by atoms with Gasteiger partial charge in [-0.05, 0) is 35.2 Å². The van der Waals surface area contributed by atoms with Crippen molar-refractivity contribution in [1.82, 2.24) is 0 Å². The molecule has 0 amide bonds. The Balaban J connectivity index is 1.75. The molecule has 2 aromatic carbocycles. The van der Waals surface area contributed by atoms with Crippen LogP contribution in [0.4, 0.5) is 0 Å². The zero-order valence-corrected chi connectivity index (χ0v) is 11.1. The van der Waals surface area contributed by atoms with Gasteiger partial charge >= 0.3 is 0 Å². The highest BCUT2D eigenvalue weighted by atomic mass is 16.4. The van der Waals surface area contributed by atoms with Crippen LogP contribution in [0, 0.1) is 0 Å². The predicted octanol–water partition coefficient (Wildman–Crippen LogP) is 3.95. The van der Waals surface area contributed by atoms with Gasteiger partial charge in [0.1, 0.15) is 11.9 Å². The first-order chi connectivity index (χ1) is 9.83. The van der Waals surface area contributed by atoms with E-state index in [2.05, 4.69) is 24.3 Å². The average Bonchev–Trinajstić information content (AvgIpc) is 3.03. The Kier molecular flexibility index (Phi) is 3.66. The van der Waals surface area contributed by atoms with E-state index in [0.29, 0.717) is 5.76 Å². The molecule has 1 heterocycles. The first kappa shape index (κ1) is 12.7.